The first kappa shape index (κ1) is 15.9. The molecule has 0 fully saturated rings. The second kappa shape index (κ2) is 6.99. The zero-order chi connectivity index (χ0) is 16.1. The average Bonchev–Trinajstić information content (AvgIpc) is 2.95. The van der Waals surface area contributed by atoms with E-state index in [2.05, 4.69) is 15.0 Å². The molecule has 8 heteroatoms. The molecule has 2 aromatic rings. The Kier molecular flexibility index (Phi) is 5.05. The van der Waals surface area contributed by atoms with Crippen molar-refractivity contribution in [1.82, 2.24) is 4.98 Å². The molecule has 0 saturated heterocycles. The van der Waals surface area contributed by atoms with Crippen LogP contribution in [0.5, 0.6) is 5.75 Å². The molecule has 1 aromatic carbocycles. The number of methoxy groups -OCH3 is 2. The Balaban J connectivity index is 1.99. The van der Waals surface area contributed by atoms with Gasteiger partial charge in [0.05, 0.1) is 26.8 Å². The molecule has 1 N–H and O–H groups in total. The second-order valence-electron chi connectivity index (χ2n) is 4.22. The van der Waals surface area contributed by atoms with E-state index in [1.165, 1.54) is 32.5 Å². The number of rotatable bonds is 5. The molecule has 0 spiro atoms. The minimum absolute atomic E-state index is 0.0198. The van der Waals surface area contributed by atoms with Crippen LogP contribution in [-0.4, -0.2) is 31.1 Å². The highest BCUT2D eigenvalue weighted by Crippen LogP contribution is 2.20. The molecule has 1 amide bonds. The number of hydrogen-bond acceptors (Lipinski definition) is 6. The zero-order valence-corrected chi connectivity index (χ0v) is 12.7. The van der Waals surface area contributed by atoms with Gasteiger partial charge in [0.2, 0.25) is 5.91 Å². The minimum Gasteiger partial charge on any atom is -0.494 e. The third kappa shape index (κ3) is 3.79. The Labute approximate surface area is 129 Å². The van der Waals surface area contributed by atoms with E-state index in [9.17, 15) is 14.0 Å². The van der Waals surface area contributed by atoms with Crippen molar-refractivity contribution in [3.63, 3.8) is 0 Å². The van der Waals surface area contributed by atoms with Crippen LogP contribution in [0.2, 0.25) is 0 Å². The van der Waals surface area contributed by atoms with E-state index in [-0.39, 0.29) is 28.1 Å². The van der Waals surface area contributed by atoms with E-state index < -0.39 is 11.8 Å². The lowest BCUT2D eigenvalue weighted by atomic mass is 10.1. The summed E-state index contributed by atoms with van der Waals surface area (Å²) in [7, 11) is 2.63. The van der Waals surface area contributed by atoms with Gasteiger partial charge in [-0.25, -0.2) is 14.2 Å². The fourth-order valence-corrected chi connectivity index (χ4v) is 2.45. The Morgan fingerprint density at radius 3 is 2.77 bits per heavy atom. The smallest absolute Gasteiger partial charge is 0.349 e. The second-order valence-corrected chi connectivity index (χ2v) is 5.25. The maximum Gasteiger partial charge on any atom is 0.349 e. The van der Waals surface area contributed by atoms with Crippen LogP contribution in [0.4, 0.5) is 9.52 Å². The van der Waals surface area contributed by atoms with Gasteiger partial charge in [0.25, 0.3) is 0 Å². The van der Waals surface area contributed by atoms with Crippen molar-refractivity contribution in [2.45, 2.75) is 6.42 Å². The molecule has 116 valence electrons. The van der Waals surface area contributed by atoms with Crippen LogP contribution < -0.4 is 10.1 Å². The SMILES string of the molecule is COC(=O)c1cnc(NC(=O)Cc2ccc(OC)c(F)c2)s1. The maximum absolute atomic E-state index is 13.5. The molecule has 0 aliphatic carbocycles. The molecule has 0 atom stereocenters. The number of thiazole rings is 1. The van der Waals surface area contributed by atoms with E-state index >= 15 is 0 Å². The molecule has 2 rings (SSSR count). The molecule has 0 saturated carbocycles. The number of benzene rings is 1. The van der Waals surface area contributed by atoms with E-state index in [0.717, 1.165) is 11.3 Å². The Bertz CT molecular complexity index is 702. The third-order valence-corrected chi connectivity index (χ3v) is 3.61. The number of anilines is 1. The van der Waals surface area contributed by atoms with Gasteiger partial charge in [-0.15, -0.1) is 0 Å². The van der Waals surface area contributed by atoms with Crippen molar-refractivity contribution in [2.24, 2.45) is 0 Å². The molecule has 0 aliphatic heterocycles. The molecule has 0 bridgehead atoms. The molecular weight excluding hydrogens is 311 g/mol. The van der Waals surface area contributed by atoms with Gasteiger partial charge in [-0.3, -0.25) is 4.79 Å². The van der Waals surface area contributed by atoms with Crippen LogP contribution >= 0.6 is 11.3 Å². The number of carbonyl (C=O) groups is 2. The van der Waals surface area contributed by atoms with Crippen LogP contribution in [-0.2, 0) is 16.0 Å². The van der Waals surface area contributed by atoms with Crippen LogP contribution in [0.15, 0.2) is 24.4 Å². The lowest BCUT2D eigenvalue weighted by Gasteiger charge is -2.05. The van der Waals surface area contributed by atoms with E-state index in [4.69, 9.17) is 4.74 Å². The van der Waals surface area contributed by atoms with Gasteiger partial charge in [-0.2, -0.15) is 0 Å². The molecule has 1 heterocycles. The molecule has 22 heavy (non-hydrogen) atoms. The summed E-state index contributed by atoms with van der Waals surface area (Å²) in [5.74, 6) is -1.30. The molecular formula is C14H13FN2O4S. The van der Waals surface area contributed by atoms with Gasteiger partial charge in [0, 0.05) is 0 Å². The summed E-state index contributed by atoms with van der Waals surface area (Å²) < 4.78 is 22.9. The van der Waals surface area contributed by atoms with E-state index in [1.807, 2.05) is 0 Å². The Hall–Kier alpha value is -2.48. The highest BCUT2D eigenvalue weighted by Gasteiger charge is 2.13. The quantitative estimate of drug-likeness (QED) is 0.854. The van der Waals surface area contributed by atoms with Crippen LogP contribution in [0.1, 0.15) is 15.2 Å². The predicted octanol–water partition coefficient (Wildman–Crippen LogP) is 2.26. The lowest BCUT2D eigenvalue weighted by molar-refractivity contribution is -0.115. The molecule has 0 unspecified atom stereocenters. The zero-order valence-electron chi connectivity index (χ0n) is 11.9. The van der Waals surface area contributed by atoms with Crippen molar-refractivity contribution in [3.8, 4) is 5.75 Å². The number of ether oxygens (including phenoxy) is 2. The average molecular weight is 324 g/mol. The summed E-state index contributed by atoms with van der Waals surface area (Å²) in [6, 6.07) is 4.29. The van der Waals surface area contributed by atoms with Gasteiger partial charge in [0.15, 0.2) is 16.7 Å². The first-order valence-corrected chi connectivity index (χ1v) is 7.01. The van der Waals surface area contributed by atoms with Gasteiger partial charge in [0.1, 0.15) is 4.88 Å². The number of amides is 1. The number of carbonyl (C=O) groups excluding carboxylic acids is 2. The van der Waals surface area contributed by atoms with Gasteiger partial charge >= 0.3 is 5.97 Å². The first-order valence-electron chi connectivity index (χ1n) is 6.20. The van der Waals surface area contributed by atoms with Gasteiger partial charge in [-0.05, 0) is 17.7 Å². The number of esters is 1. The predicted molar refractivity (Wildman–Crippen MR) is 78.7 cm³/mol. The lowest BCUT2D eigenvalue weighted by Crippen LogP contribution is -2.14. The molecule has 0 aliphatic rings. The fraction of sp³-hybridized carbons (Fsp3) is 0.214. The summed E-state index contributed by atoms with van der Waals surface area (Å²) in [6.45, 7) is 0. The standard InChI is InChI=1S/C14H13FN2O4S/c1-20-10-4-3-8(5-9(10)15)6-12(18)17-14-16-7-11(22-14)13(19)21-2/h3-5,7H,6H2,1-2H3,(H,16,17,18). The van der Waals surface area contributed by atoms with Gasteiger partial charge < -0.3 is 14.8 Å². The van der Waals surface area contributed by atoms with Crippen molar-refractivity contribution in [3.05, 3.63) is 40.7 Å². The van der Waals surface area contributed by atoms with Crippen molar-refractivity contribution < 1.29 is 23.5 Å². The summed E-state index contributed by atoms with van der Waals surface area (Å²) in [6.07, 6.45) is 1.30. The largest absolute Gasteiger partial charge is 0.494 e. The number of nitrogens with one attached hydrogen (secondary N) is 1. The maximum atomic E-state index is 13.5. The fourth-order valence-electron chi connectivity index (χ4n) is 1.70. The van der Waals surface area contributed by atoms with Crippen molar-refractivity contribution >= 4 is 28.3 Å². The monoisotopic (exact) mass is 324 g/mol. The normalized spacial score (nSPS) is 10.1. The summed E-state index contributed by atoms with van der Waals surface area (Å²) in [5, 5.41) is 2.82. The number of hydrogen-bond donors (Lipinski definition) is 1. The van der Waals surface area contributed by atoms with Crippen molar-refractivity contribution in [2.75, 3.05) is 19.5 Å². The molecule has 6 nitrogen and oxygen atoms in total. The first-order chi connectivity index (χ1) is 10.5. The minimum atomic E-state index is -0.532. The van der Waals surface area contributed by atoms with Gasteiger partial charge in [-0.1, -0.05) is 17.4 Å². The number of halogens is 1. The molecule has 0 radical (unpaired) electrons. The topological polar surface area (TPSA) is 77.5 Å². The molecule has 1 aromatic heterocycles. The van der Waals surface area contributed by atoms with Crippen LogP contribution in [0, 0.1) is 5.82 Å². The summed E-state index contributed by atoms with van der Waals surface area (Å²) >= 11 is 1.00. The highest BCUT2D eigenvalue weighted by atomic mass is 32.1. The number of nitrogens with zero attached hydrogens (tertiary/aromatic N) is 1. The van der Waals surface area contributed by atoms with Crippen LogP contribution in [0.3, 0.4) is 0 Å². The summed E-state index contributed by atoms with van der Waals surface area (Å²) in [5.41, 5.74) is 0.501. The van der Waals surface area contributed by atoms with Crippen molar-refractivity contribution in [1.29, 1.82) is 0 Å². The highest BCUT2D eigenvalue weighted by molar-refractivity contribution is 7.17. The van der Waals surface area contributed by atoms with E-state index in [1.54, 1.807) is 6.07 Å². The Morgan fingerprint density at radius 1 is 1.36 bits per heavy atom. The Morgan fingerprint density at radius 2 is 2.14 bits per heavy atom. The summed E-state index contributed by atoms with van der Waals surface area (Å²) in [4.78, 5) is 27.4. The van der Waals surface area contributed by atoms with Crippen LogP contribution in [0.25, 0.3) is 0 Å². The third-order valence-electron chi connectivity index (χ3n) is 2.72. The number of aromatic nitrogens is 1. The van der Waals surface area contributed by atoms with E-state index in [0.29, 0.717) is 5.56 Å².